The summed E-state index contributed by atoms with van der Waals surface area (Å²) in [6, 6.07) is 7.95. The van der Waals surface area contributed by atoms with Crippen LogP contribution in [0.5, 0.6) is 0 Å². The zero-order chi connectivity index (χ0) is 23.7. The third kappa shape index (κ3) is 4.06. The summed E-state index contributed by atoms with van der Waals surface area (Å²) in [6.45, 7) is 0. The van der Waals surface area contributed by atoms with Gasteiger partial charge in [0.15, 0.2) is 0 Å². The molecule has 9 heteroatoms. The summed E-state index contributed by atoms with van der Waals surface area (Å²) < 4.78 is 30.0. The third-order valence-corrected chi connectivity index (χ3v) is 5.36. The molecule has 3 heterocycles. The summed E-state index contributed by atoms with van der Waals surface area (Å²) in [5.41, 5.74) is 12.0. The van der Waals surface area contributed by atoms with Crippen LogP contribution in [0.1, 0.15) is 39.4 Å². The molecule has 0 aliphatic heterocycles. The molecular formula is C24H19F2N5O2. The fourth-order valence-electron chi connectivity index (χ4n) is 3.77. The zero-order valence-corrected chi connectivity index (χ0v) is 17.5. The zero-order valence-electron chi connectivity index (χ0n) is 17.5. The number of hydrogen-bond donors (Lipinski definition) is 3. The van der Waals surface area contributed by atoms with Crippen molar-refractivity contribution in [1.29, 1.82) is 0 Å². The van der Waals surface area contributed by atoms with Crippen molar-refractivity contribution >= 4 is 22.8 Å². The minimum atomic E-state index is -0.856. The number of nitrogen functional groups attached to an aromatic ring is 1. The molecule has 3 aromatic heterocycles. The number of carbonyl (C=O) groups is 1. The lowest BCUT2D eigenvalue weighted by Crippen LogP contribution is -2.23. The van der Waals surface area contributed by atoms with E-state index in [2.05, 4.69) is 21.8 Å². The van der Waals surface area contributed by atoms with Gasteiger partial charge in [-0.2, -0.15) is 0 Å². The number of nitrogens with two attached hydrogens (primary N) is 2. The van der Waals surface area contributed by atoms with Crippen LogP contribution in [0.2, 0.25) is 0 Å². The van der Waals surface area contributed by atoms with Gasteiger partial charge in [-0.3, -0.25) is 9.59 Å². The first-order valence-corrected chi connectivity index (χ1v) is 9.93. The molecule has 4 rings (SSSR count). The molecule has 0 spiro atoms. The van der Waals surface area contributed by atoms with Gasteiger partial charge >= 0.3 is 0 Å². The average Bonchev–Trinajstić information content (AvgIpc) is 3.23. The van der Waals surface area contributed by atoms with Crippen molar-refractivity contribution in [3.63, 3.8) is 0 Å². The topological polar surface area (TPSA) is 120 Å². The van der Waals surface area contributed by atoms with Gasteiger partial charge in [0.1, 0.15) is 23.1 Å². The SMILES string of the molecule is Cn1cccc(C(CC#Cc2c(C(N)=O)c(N)nc3[nH]ccc23)c2cc(F)ccc2F)c1=O. The molecule has 33 heavy (non-hydrogen) atoms. The Morgan fingerprint density at radius 1 is 1.24 bits per heavy atom. The van der Waals surface area contributed by atoms with E-state index >= 15 is 0 Å². The van der Waals surface area contributed by atoms with Gasteiger partial charge in [-0.05, 0) is 35.9 Å². The number of halogens is 2. The van der Waals surface area contributed by atoms with Crippen LogP contribution in [0.25, 0.3) is 11.0 Å². The quantitative estimate of drug-likeness (QED) is 0.417. The molecule has 5 N–H and O–H groups in total. The van der Waals surface area contributed by atoms with Gasteiger partial charge in [0.05, 0.1) is 11.1 Å². The average molecular weight is 447 g/mol. The molecule has 0 aliphatic carbocycles. The summed E-state index contributed by atoms with van der Waals surface area (Å²) in [6.07, 6.45) is 3.15. The van der Waals surface area contributed by atoms with Crippen molar-refractivity contribution in [3.05, 3.63) is 93.0 Å². The van der Waals surface area contributed by atoms with Crippen molar-refractivity contribution in [2.45, 2.75) is 12.3 Å². The molecule has 1 aromatic carbocycles. The highest BCUT2D eigenvalue weighted by molar-refractivity contribution is 6.04. The molecule has 1 unspecified atom stereocenters. The predicted molar refractivity (Wildman–Crippen MR) is 120 cm³/mol. The normalized spacial score (nSPS) is 11.7. The van der Waals surface area contributed by atoms with E-state index in [1.165, 1.54) is 4.57 Å². The minimum Gasteiger partial charge on any atom is -0.383 e. The summed E-state index contributed by atoms with van der Waals surface area (Å²) in [5.74, 6) is 2.77. The van der Waals surface area contributed by atoms with E-state index in [9.17, 15) is 18.4 Å². The second kappa shape index (κ2) is 8.59. The van der Waals surface area contributed by atoms with E-state index in [0.717, 1.165) is 18.2 Å². The number of nitrogens with one attached hydrogen (secondary N) is 1. The van der Waals surface area contributed by atoms with E-state index in [0.29, 0.717) is 11.0 Å². The Bertz CT molecular complexity index is 1510. The lowest BCUT2D eigenvalue weighted by atomic mass is 9.88. The Kier molecular flexibility index (Phi) is 5.67. The molecule has 166 valence electrons. The Labute approximate surface area is 187 Å². The molecule has 0 saturated heterocycles. The van der Waals surface area contributed by atoms with Crippen LogP contribution in [0.3, 0.4) is 0 Å². The van der Waals surface area contributed by atoms with Crippen LogP contribution in [0.4, 0.5) is 14.6 Å². The smallest absolute Gasteiger partial charge is 0.254 e. The molecule has 0 radical (unpaired) electrons. The van der Waals surface area contributed by atoms with Gasteiger partial charge in [-0.15, -0.1) is 0 Å². The number of fused-ring (bicyclic) bond motifs is 1. The maximum Gasteiger partial charge on any atom is 0.254 e. The van der Waals surface area contributed by atoms with Gasteiger partial charge in [-0.1, -0.05) is 17.9 Å². The highest BCUT2D eigenvalue weighted by atomic mass is 19.1. The first-order chi connectivity index (χ1) is 15.8. The second-order valence-electron chi connectivity index (χ2n) is 7.46. The molecule has 1 atom stereocenters. The van der Waals surface area contributed by atoms with Crippen LogP contribution in [-0.4, -0.2) is 20.4 Å². The molecule has 7 nitrogen and oxygen atoms in total. The Morgan fingerprint density at radius 3 is 2.79 bits per heavy atom. The highest BCUT2D eigenvalue weighted by Crippen LogP contribution is 2.29. The summed E-state index contributed by atoms with van der Waals surface area (Å²) in [4.78, 5) is 31.8. The Balaban J connectivity index is 1.86. The second-order valence-corrected chi connectivity index (χ2v) is 7.46. The number of hydrogen-bond acceptors (Lipinski definition) is 4. The Morgan fingerprint density at radius 2 is 2.03 bits per heavy atom. The van der Waals surface area contributed by atoms with Crippen molar-refractivity contribution in [3.8, 4) is 11.8 Å². The number of carbonyl (C=O) groups excluding carboxylic acids is 1. The molecular weight excluding hydrogens is 428 g/mol. The first kappa shape index (κ1) is 21.8. The number of rotatable bonds is 4. The fraction of sp³-hybridized carbons (Fsp3) is 0.125. The minimum absolute atomic E-state index is 0.00348. The maximum absolute atomic E-state index is 14.7. The van der Waals surface area contributed by atoms with Crippen molar-refractivity contribution < 1.29 is 13.6 Å². The van der Waals surface area contributed by atoms with Gasteiger partial charge in [0, 0.05) is 42.7 Å². The van der Waals surface area contributed by atoms with Crippen LogP contribution in [-0.2, 0) is 7.05 Å². The number of nitrogens with zero attached hydrogens (tertiary/aromatic N) is 2. The number of aryl methyl sites for hydroxylation is 1. The van der Waals surface area contributed by atoms with Crippen molar-refractivity contribution in [2.75, 3.05) is 5.73 Å². The number of pyridine rings is 2. The monoisotopic (exact) mass is 447 g/mol. The number of amides is 1. The number of aromatic amines is 1. The van der Waals surface area contributed by atoms with Crippen molar-refractivity contribution in [2.24, 2.45) is 12.8 Å². The number of primary amides is 1. The highest BCUT2D eigenvalue weighted by Gasteiger charge is 2.22. The lowest BCUT2D eigenvalue weighted by molar-refractivity contribution is 0.100. The van der Waals surface area contributed by atoms with Gasteiger partial charge in [-0.25, -0.2) is 13.8 Å². The molecule has 0 bridgehead atoms. The van der Waals surface area contributed by atoms with Crippen LogP contribution in [0.15, 0.2) is 53.6 Å². The van der Waals surface area contributed by atoms with E-state index in [4.69, 9.17) is 11.5 Å². The largest absolute Gasteiger partial charge is 0.383 e. The van der Waals surface area contributed by atoms with Crippen LogP contribution in [0, 0.1) is 23.5 Å². The predicted octanol–water partition coefficient (Wildman–Crippen LogP) is 2.79. The Hall–Kier alpha value is -4.45. The van der Waals surface area contributed by atoms with Crippen LogP contribution >= 0.6 is 0 Å². The van der Waals surface area contributed by atoms with E-state index in [1.807, 2.05) is 0 Å². The standard InChI is InChI=1S/C24H19F2N5O2/c1-31-11-3-6-17(24(31)33)14(18-12-13(25)7-8-19(18)26)4-2-5-15-16-9-10-29-23(16)30-21(27)20(15)22(28)32/h3,6-12,14H,4H2,1H3,(H2,28,32)(H3,27,29,30). The van der Waals surface area contributed by atoms with E-state index in [-0.39, 0.29) is 40.1 Å². The molecule has 0 saturated carbocycles. The molecule has 4 aromatic rings. The van der Waals surface area contributed by atoms with Gasteiger partial charge in [0.25, 0.3) is 11.5 Å². The number of anilines is 1. The van der Waals surface area contributed by atoms with E-state index < -0.39 is 23.5 Å². The van der Waals surface area contributed by atoms with Gasteiger partial charge in [0.2, 0.25) is 0 Å². The molecule has 0 fully saturated rings. The van der Waals surface area contributed by atoms with Crippen LogP contribution < -0.4 is 17.0 Å². The summed E-state index contributed by atoms with van der Waals surface area (Å²) in [5, 5.41) is 0.537. The maximum atomic E-state index is 14.7. The molecule has 1 amide bonds. The lowest BCUT2D eigenvalue weighted by Gasteiger charge is -2.16. The van der Waals surface area contributed by atoms with Crippen molar-refractivity contribution in [1.82, 2.24) is 14.5 Å². The fourth-order valence-corrected chi connectivity index (χ4v) is 3.77. The van der Waals surface area contributed by atoms with E-state index in [1.54, 1.807) is 37.6 Å². The van der Waals surface area contributed by atoms with Gasteiger partial charge < -0.3 is 21.0 Å². The summed E-state index contributed by atoms with van der Waals surface area (Å²) >= 11 is 0. The molecule has 0 aliphatic rings. The number of benzene rings is 1. The third-order valence-electron chi connectivity index (χ3n) is 5.36. The number of aromatic nitrogens is 3. The summed E-state index contributed by atoms with van der Waals surface area (Å²) in [7, 11) is 1.57. The number of H-pyrrole nitrogens is 1. The first-order valence-electron chi connectivity index (χ1n) is 9.93.